The van der Waals surface area contributed by atoms with Crippen LogP contribution >= 0.6 is 0 Å². The van der Waals surface area contributed by atoms with Crippen molar-refractivity contribution in [3.05, 3.63) is 83.7 Å². The Morgan fingerprint density at radius 3 is 2.50 bits per heavy atom. The van der Waals surface area contributed by atoms with Gasteiger partial charge in [-0.15, -0.1) is 0 Å². The van der Waals surface area contributed by atoms with Crippen molar-refractivity contribution in [1.82, 2.24) is 15.5 Å². The van der Waals surface area contributed by atoms with Gasteiger partial charge in [-0.05, 0) is 47.4 Å². The molecule has 1 saturated heterocycles. The molecule has 176 valence electrons. The molecular formula is C27H28FN3O3. The van der Waals surface area contributed by atoms with E-state index >= 15 is 0 Å². The average Bonchev–Trinajstić information content (AvgIpc) is 3.07. The second-order valence-electron chi connectivity index (χ2n) is 8.69. The molecule has 0 saturated carbocycles. The van der Waals surface area contributed by atoms with Gasteiger partial charge in [0, 0.05) is 0 Å². The quantitative estimate of drug-likeness (QED) is 0.473. The van der Waals surface area contributed by atoms with E-state index < -0.39 is 35.7 Å². The second-order valence-corrected chi connectivity index (χ2v) is 8.69. The molecular weight excluding hydrogens is 433 g/mol. The number of amides is 4. The molecule has 6 nitrogen and oxygen atoms in total. The number of fused-ring (bicyclic) bond motifs is 1. The molecule has 3 aromatic rings. The Hall–Kier alpha value is -3.74. The average molecular weight is 462 g/mol. The number of halogens is 1. The van der Waals surface area contributed by atoms with Crippen LogP contribution in [0.4, 0.5) is 9.18 Å². The van der Waals surface area contributed by atoms with Crippen molar-refractivity contribution in [2.45, 2.75) is 44.7 Å². The van der Waals surface area contributed by atoms with Crippen molar-refractivity contribution in [3.63, 3.8) is 0 Å². The summed E-state index contributed by atoms with van der Waals surface area (Å²) in [4.78, 5) is 40.1. The van der Waals surface area contributed by atoms with E-state index in [1.54, 1.807) is 0 Å². The molecule has 2 N–H and O–H groups in total. The van der Waals surface area contributed by atoms with Gasteiger partial charge in [0.2, 0.25) is 5.91 Å². The first-order chi connectivity index (χ1) is 16.4. The molecule has 0 spiro atoms. The van der Waals surface area contributed by atoms with E-state index in [0.29, 0.717) is 18.4 Å². The Balaban J connectivity index is 1.52. The number of unbranched alkanes of at least 4 members (excludes halogenated alkanes) is 1. The maximum Gasteiger partial charge on any atom is 0.325 e. The van der Waals surface area contributed by atoms with Gasteiger partial charge in [-0.2, -0.15) is 0 Å². The van der Waals surface area contributed by atoms with E-state index in [2.05, 4.69) is 10.6 Å². The van der Waals surface area contributed by atoms with Crippen molar-refractivity contribution in [2.75, 3.05) is 6.54 Å². The minimum Gasteiger partial charge on any atom is -0.348 e. The first kappa shape index (κ1) is 23.4. The standard InChI is InChI=1S/C27H28FN3O3/c1-3-4-16-27(20-12-14-21(28)15-13-20)25(33)31(26(34)30-27)17-24(32)29-18(2)22-11-7-9-19-8-5-6-10-23(19)22/h5-15,18H,3-4,16-17H2,1-2H3,(H,29,32)(H,30,34). The Labute approximate surface area is 198 Å². The highest BCUT2D eigenvalue weighted by atomic mass is 19.1. The summed E-state index contributed by atoms with van der Waals surface area (Å²) < 4.78 is 13.5. The smallest absolute Gasteiger partial charge is 0.325 e. The third-order valence-electron chi connectivity index (χ3n) is 6.39. The number of hydrogen-bond donors (Lipinski definition) is 2. The zero-order chi connectivity index (χ0) is 24.3. The van der Waals surface area contributed by atoms with E-state index in [9.17, 15) is 18.8 Å². The number of benzene rings is 3. The maximum absolute atomic E-state index is 13.5. The Bertz CT molecular complexity index is 1220. The molecule has 2 unspecified atom stereocenters. The van der Waals surface area contributed by atoms with Gasteiger partial charge in [0.1, 0.15) is 17.9 Å². The lowest BCUT2D eigenvalue weighted by Crippen LogP contribution is -2.45. The summed E-state index contributed by atoms with van der Waals surface area (Å²) in [7, 11) is 0. The van der Waals surface area contributed by atoms with Crippen molar-refractivity contribution in [1.29, 1.82) is 0 Å². The normalized spacial score (nSPS) is 18.7. The zero-order valence-corrected chi connectivity index (χ0v) is 19.3. The monoisotopic (exact) mass is 461 g/mol. The van der Waals surface area contributed by atoms with E-state index in [0.717, 1.165) is 27.7 Å². The van der Waals surface area contributed by atoms with E-state index in [1.165, 1.54) is 24.3 Å². The lowest BCUT2D eigenvalue weighted by molar-refractivity contribution is -0.135. The van der Waals surface area contributed by atoms with Gasteiger partial charge in [0.15, 0.2) is 0 Å². The third-order valence-corrected chi connectivity index (χ3v) is 6.39. The van der Waals surface area contributed by atoms with E-state index in [1.807, 2.05) is 56.3 Å². The summed E-state index contributed by atoms with van der Waals surface area (Å²) in [6, 6.07) is 18.4. The Morgan fingerprint density at radius 1 is 1.06 bits per heavy atom. The number of nitrogens with one attached hydrogen (secondary N) is 2. The molecule has 7 heteroatoms. The minimum absolute atomic E-state index is 0.318. The summed E-state index contributed by atoms with van der Waals surface area (Å²) in [5.74, 6) is -1.36. The molecule has 1 heterocycles. The SMILES string of the molecule is CCCCC1(c2ccc(F)cc2)NC(=O)N(CC(=O)NC(C)c2cccc3ccccc23)C1=O. The summed E-state index contributed by atoms with van der Waals surface area (Å²) in [6.07, 6.45) is 1.86. The van der Waals surface area contributed by atoms with Crippen molar-refractivity contribution in [2.24, 2.45) is 0 Å². The Morgan fingerprint density at radius 2 is 1.76 bits per heavy atom. The molecule has 34 heavy (non-hydrogen) atoms. The number of carbonyl (C=O) groups excluding carboxylic acids is 3. The van der Waals surface area contributed by atoms with Crippen LogP contribution in [0.3, 0.4) is 0 Å². The molecule has 1 aliphatic heterocycles. The molecule has 4 rings (SSSR count). The Kier molecular flexibility index (Phi) is 6.63. The van der Waals surface area contributed by atoms with Crippen LogP contribution in [0.5, 0.6) is 0 Å². The van der Waals surface area contributed by atoms with Crippen molar-refractivity contribution in [3.8, 4) is 0 Å². The summed E-state index contributed by atoms with van der Waals surface area (Å²) >= 11 is 0. The second kappa shape index (κ2) is 9.63. The van der Waals surface area contributed by atoms with Gasteiger partial charge in [-0.25, -0.2) is 9.18 Å². The number of rotatable bonds is 8. The third kappa shape index (κ3) is 4.38. The molecule has 1 fully saturated rings. The highest BCUT2D eigenvalue weighted by molar-refractivity contribution is 6.09. The van der Waals surface area contributed by atoms with Gasteiger partial charge >= 0.3 is 6.03 Å². The van der Waals surface area contributed by atoms with Gasteiger partial charge in [0.05, 0.1) is 6.04 Å². The molecule has 0 radical (unpaired) electrons. The predicted octanol–water partition coefficient (Wildman–Crippen LogP) is 4.79. The largest absolute Gasteiger partial charge is 0.348 e. The van der Waals surface area contributed by atoms with Crippen LogP contribution < -0.4 is 10.6 Å². The lowest BCUT2D eigenvalue weighted by atomic mass is 9.85. The zero-order valence-electron chi connectivity index (χ0n) is 19.3. The molecule has 0 aliphatic carbocycles. The van der Waals surface area contributed by atoms with E-state index in [4.69, 9.17) is 0 Å². The van der Waals surface area contributed by atoms with Gasteiger partial charge in [0.25, 0.3) is 5.91 Å². The maximum atomic E-state index is 13.5. The number of nitrogens with zero attached hydrogens (tertiary/aromatic N) is 1. The van der Waals surface area contributed by atoms with Crippen LogP contribution in [-0.2, 0) is 15.1 Å². The molecule has 3 aromatic carbocycles. The van der Waals surface area contributed by atoms with Crippen LogP contribution in [0.15, 0.2) is 66.7 Å². The highest BCUT2D eigenvalue weighted by Gasteiger charge is 2.52. The fourth-order valence-electron chi connectivity index (χ4n) is 4.59. The van der Waals surface area contributed by atoms with E-state index in [-0.39, 0.29) is 6.04 Å². The van der Waals surface area contributed by atoms with Gasteiger partial charge in [-0.1, -0.05) is 74.4 Å². The first-order valence-corrected chi connectivity index (χ1v) is 11.5. The van der Waals surface area contributed by atoms with Gasteiger partial charge in [-0.3, -0.25) is 14.5 Å². The van der Waals surface area contributed by atoms with Crippen LogP contribution in [0.25, 0.3) is 10.8 Å². The number of imide groups is 1. The first-order valence-electron chi connectivity index (χ1n) is 11.5. The molecule has 2 atom stereocenters. The predicted molar refractivity (Wildman–Crippen MR) is 128 cm³/mol. The summed E-state index contributed by atoms with van der Waals surface area (Å²) in [5, 5.41) is 7.79. The lowest BCUT2D eigenvalue weighted by Gasteiger charge is -2.27. The fourth-order valence-corrected chi connectivity index (χ4v) is 4.59. The summed E-state index contributed by atoms with van der Waals surface area (Å²) in [6.45, 7) is 3.46. The van der Waals surface area contributed by atoms with Gasteiger partial charge < -0.3 is 10.6 Å². The summed E-state index contributed by atoms with van der Waals surface area (Å²) in [5.41, 5.74) is 0.155. The molecule has 1 aliphatic rings. The number of urea groups is 1. The van der Waals surface area contributed by atoms with Crippen molar-refractivity contribution < 1.29 is 18.8 Å². The van der Waals surface area contributed by atoms with Crippen LogP contribution in [0, 0.1) is 5.82 Å². The van der Waals surface area contributed by atoms with Crippen LogP contribution in [0.2, 0.25) is 0 Å². The minimum atomic E-state index is -1.30. The fraction of sp³-hybridized carbons (Fsp3) is 0.296. The molecule has 0 aromatic heterocycles. The van der Waals surface area contributed by atoms with Crippen LogP contribution in [0.1, 0.15) is 50.3 Å². The number of hydrogen-bond acceptors (Lipinski definition) is 3. The van der Waals surface area contributed by atoms with Crippen molar-refractivity contribution >= 4 is 28.6 Å². The molecule has 0 bridgehead atoms. The highest BCUT2D eigenvalue weighted by Crippen LogP contribution is 2.34. The molecule has 4 amide bonds. The number of carbonyl (C=O) groups is 3. The van der Waals surface area contributed by atoms with Crippen LogP contribution in [-0.4, -0.2) is 29.3 Å². The topological polar surface area (TPSA) is 78.5 Å².